The van der Waals surface area contributed by atoms with Crippen molar-refractivity contribution in [2.45, 2.75) is 23.5 Å². The van der Waals surface area contributed by atoms with Gasteiger partial charge in [-0.3, -0.25) is 10.1 Å². The van der Waals surface area contributed by atoms with E-state index in [1.807, 2.05) is 0 Å². The summed E-state index contributed by atoms with van der Waals surface area (Å²) in [5.74, 6) is -3.72. The SMILES string of the molecule is C[C@H](COC(=O)Nc1ccc(CC(=O)O)cc1)C(c1cc(F)ccc1F)S(=O)(=O)c1ccc(Cl)cc1. The Morgan fingerprint density at radius 1 is 1.03 bits per heavy atom. The fraction of sp³-hybridized carbons (Fsp3) is 0.200. The number of carboxylic acid groups (broad SMARTS) is 1. The molecule has 0 aromatic heterocycles. The van der Waals surface area contributed by atoms with Crippen molar-refractivity contribution in [3.63, 3.8) is 0 Å². The zero-order valence-electron chi connectivity index (χ0n) is 19.0. The minimum atomic E-state index is -4.26. The predicted molar refractivity (Wildman–Crippen MR) is 130 cm³/mol. The van der Waals surface area contributed by atoms with E-state index in [4.69, 9.17) is 21.4 Å². The molecule has 0 radical (unpaired) electrons. The summed E-state index contributed by atoms with van der Waals surface area (Å²) in [7, 11) is -4.26. The molecule has 2 N–H and O–H groups in total. The standard InChI is InChI=1S/C25H22ClF2NO6S/c1-15(14-35-25(32)29-19-7-2-16(3-8-19)12-23(30)31)24(21-13-18(27)6-11-22(21)28)36(33,34)20-9-4-17(26)5-10-20/h2-11,13,15,24H,12,14H2,1H3,(H,29,32)(H,30,31)/t15-,24?/m1/s1. The highest BCUT2D eigenvalue weighted by Crippen LogP contribution is 2.37. The van der Waals surface area contributed by atoms with Gasteiger partial charge in [-0.2, -0.15) is 0 Å². The van der Waals surface area contributed by atoms with E-state index in [2.05, 4.69) is 5.32 Å². The van der Waals surface area contributed by atoms with Crippen LogP contribution < -0.4 is 5.32 Å². The molecule has 1 amide bonds. The van der Waals surface area contributed by atoms with Gasteiger partial charge in [0.25, 0.3) is 0 Å². The monoisotopic (exact) mass is 537 g/mol. The first-order chi connectivity index (χ1) is 17.0. The largest absolute Gasteiger partial charge is 0.481 e. The number of ether oxygens (including phenoxy) is 1. The lowest BCUT2D eigenvalue weighted by Crippen LogP contribution is -2.27. The molecule has 36 heavy (non-hydrogen) atoms. The first-order valence-corrected chi connectivity index (χ1v) is 12.6. The summed E-state index contributed by atoms with van der Waals surface area (Å²) in [4.78, 5) is 22.9. The molecule has 3 aromatic carbocycles. The summed E-state index contributed by atoms with van der Waals surface area (Å²) in [6.45, 7) is 1.01. The van der Waals surface area contributed by atoms with Gasteiger partial charge in [-0.25, -0.2) is 22.0 Å². The molecule has 3 aromatic rings. The maximum Gasteiger partial charge on any atom is 0.411 e. The number of anilines is 1. The Balaban J connectivity index is 1.80. The molecular weight excluding hydrogens is 516 g/mol. The molecule has 0 saturated carbocycles. The lowest BCUT2D eigenvalue weighted by molar-refractivity contribution is -0.136. The number of nitrogens with one attached hydrogen (secondary N) is 1. The quantitative estimate of drug-likeness (QED) is 0.365. The van der Waals surface area contributed by atoms with Gasteiger partial charge in [0.15, 0.2) is 9.84 Å². The highest BCUT2D eigenvalue weighted by Gasteiger charge is 2.36. The molecule has 0 bridgehead atoms. The summed E-state index contributed by atoms with van der Waals surface area (Å²) in [6.07, 6.45) is -1.09. The predicted octanol–water partition coefficient (Wildman–Crippen LogP) is 5.65. The van der Waals surface area contributed by atoms with Crippen LogP contribution in [0.15, 0.2) is 71.6 Å². The lowest BCUT2D eigenvalue weighted by Gasteiger charge is -2.25. The fourth-order valence-corrected chi connectivity index (χ4v) is 5.75. The third kappa shape index (κ3) is 6.79. The molecule has 11 heteroatoms. The number of hydrogen-bond donors (Lipinski definition) is 2. The van der Waals surface area contributed by atoms with E-state index in [1.54, 1.807) is 0 Å². The summed E-state index contributed by atoms with van der Waals surface area (Å²) >= 11 is 5.85. The topological polar surface area (TPSA) is 110 Å². The minimum absolute atomic E-state index is 0.154. The molecule has 2 atom stereocenters. The van der Waals surface area contributed by atoms with Gasteiger partial charge in [-0.15, -0.1) is 0 Å². The van der Waals surface area contributed by atoms with Crippen molar-refractivity contribution in [3.8, 4) is 0 Å². The summed E-state index contributed by atoms with van der Waals surface area (Å²) in [5.41, 5.74) is 0.459. The molecule has 0 aliphatic rings. The number of rotatable bonds is 9. The highest BCUT2D eigenvalue weighted by atomic mass is 35.5. The number of benzene rings is 3. The zero-order chi connectivity index (χ0) is 26.5. The van der Waals surface area contributed by atoms with Crippen molar-refractivity contribution in [2.75, 3.05) is 11.9 Å². The van der Waals surface area contributed by atoms with Crippen molar-refractivity contribution >= 4 is 39.2 Å². The average molecular weight is 538 g/mol. The molecule has 0 saturated heterocycles. The van der Waals surface area contributed by atoms with Crippen LogP contribution >= 0.6 is 11.6 Å². The van der Waals surface area contributed by atoms with Crippen LogP contribution in [0.1, 0.15) is 23.3 Å². The number of amides is 1. The van der Waals surface area contributed by atoms with E-state index in [9.17, 15) is 26.8 Å². The fourth-order valence-electron chi connectivity index (χ4n) is 3.61. The summed E-state index contributed by atoms with van der Waals surface area (Å²) in [6, 6.07) is 13.8. The van der Waals surface area contributed by atoms with Crippen molar-refractivity contribution in [1.82, 2.24) is 0 Å². The number of carbonyl (C=O) groups is 2. The van der Waals surface area contributed by atoms with Crippen LogP contribution in [0, 0.1) is 17.6 Å². The number of sulfone groups is 1. The molecule has 0 heterocycles. The minimum Gasteiger partial charge on any atom is -0.481 e. The molecule has 7 nitrogen and oxygen atoms in total. The maximum atomic E-state index is 14.7. The highest BCUT2D eigenvalue weighted by molar-refractivity contribution is 7.91. The van der Waals surface area contributed by atoms with Crippen LogP contribution in [0.2, 0.25) is 5.02 Å². The number of halogens is 3. The van der Waals surface area contributed by atoms with E-state index < -0.39 is 56.9 Å². The Bertz CT molecular complexity index is 1350. The van der Waals surface area contributed by atoms with E-state index in [0.717, 1.165) is 18.2 Å². The van der Waals surface area contributed by atoms with Crippen molar-refractivity contribution in [1.29, 1.82) is 0 Å². The molecule has 3 rings (SSSR count). The van der Waals surface area contributed by atoms with Crippen LogP contribution in [-0.4, -0.2) is 32.2 Å². The summed E-state index contributed by atoms with van der Waals surface area (Å²) < 4.78 is 60.7. The van der Waals surface area contributed by atoms with E-state index in [-0.39, 0.29) is 11.3 Å². The van der Waals surface area contributed by atoms with E-state index in [0.29, 0.717) is 16.3 Å². The second-order valence-electron chi connectivity index (χ2n) is 8.05. The number of hydrogen-bond acceptors (Lipinski definition) is 5. The van der Waals surface area contributed by atoms with Gasteiger partial charge in [0.05, 0.1) is 23.2 Å². The average Bonchev–Trinajstić information content (AvgIpc) is 2.81. The molecular formula is C25H22ClF2NO6S. The van der Waals surface area contributed by atoms with Crippen LogP contribution in [0.5, 0.6) is 0 Å². The van der Waals surface area contributed by atoms with Gasteiger partial charge in [-0.05, 0) is 60.2 Å². The van der Waals surface area contributed by atoms with Gasteiger partial charge >= 0.3 is 12.1 Å². The Kier molecular flexibility index (Phi) is 8.65. The molecule has 190 valence electrons. The van der Waals surface area contributed by atoms with Crippen LogP contribution in [0.3, 0.4) is 0 Å². The summed E-state index contributed by atoms with van der Waals surface area (Å²) in [5, 5.41) is 10.00. The van der Waals surface area contributed by atoms with Gasteiger partial charge in [0.2, 0.25) is 0 Å². The molecule has 1 unspecified atom stereocenters. The smallest absolute Gasteiger partial charge is 0.411 e. The molecule has 0 fully saturated rings. The van der Waals surface area contributed by atoms with Gasteiger partial charge in [0.1, 0.15) is 11.6 Å². The Morgan fingerprint density at radius 2 is 1.67 bits per heavy atom. The third-order valence-corrected chi connectivity index (χ3v) is 7.86. The molecule has 0 spiro atoms. The number of carboxylic acids is 1. The third-order valence-electron chi connectivity index (χ3n) is 5.29. The van der Waals surface area contributed by atoms with Crippen molar-refractivity contribution in [3.05, 3.63) is 94.5 Å². The van der Waals surface area contributed by atoms with Gasteiger partial charge < -0.3 is 9.84 Å². The number of aliphatic carboxylic acids is 1. The molecule has 0 aliphatic heterocycles. The van der Waals surface area contributed by atoms with Crippen LogP contribution in [-0.2, 0) is 25.8 Å². The van der Waals surface area contributed by atoms with Gasteiger partial charge in [0, 0.05) is 22.2 Å². The normalized spacial score (nSPS) is 13.0. The van der Waals surface area contributed by atoms with Crippen LogP contribution in [0.4, 0.5) is 19.3 Å². The van der Waals surface area contributed by atoms with Crippen LogP contribution in [0.25, 0.3) is 0 Å². The van der Waals surface area contributed by atoms with Gasteiger partial charge in [-0.1, -0.05) is 30.7 Å². The first-order valence-electron chi connectivity index (χ1n) is 10.7. The number of carbonyl (C=O) groups excluding carboxylic acids is 1. The van der Waals surface area contributed by atoms with Crippen molar-refractivity contribution in [2.24, 2.45) is 5.92 Å². The van der Waals surface area contributed by atoms with E-state index >= 15 is 0 Å². The zero-order valence-corrected chi connectivity index (χ0v) is 20.5. The lowest BCUT2D eigenvalue weighted by atomic mass is 10.0. The van der Waals surface area contributed by atoms with E-state index in [1.165, 1.54) is 55.5 Å². The Labute approximate surface area is 211 Å². The molecule has 0 aliphatic carbocycles. The maximum absolute atomic E-state index is 14.7. The van der Waals surface area contributed by atoms with Crippen molar-refractivity contribution < 1.29 is 36.6 Å². The second-order valence-corrected chi connectivity index (χ2v) is 10.6. The first kappa shape index (κ1) is 27.1. The Hall–Kier alpha value is -3.50. The second kappa shape index (κ2) is 11.5. The Morgan fingerprint density at radius 3 is 2.28 bits per heavy atom.